The number of pyridine rings is 1. The number of carbonyl (C=O) groups excluding carboxylic acids is 1. The largest absolute Gasteiger partial charge is 0.370 e. The Morgan fingerprint density at radius 2 is 1.77 bits per heavy atom. The van der Waals surface area contributed by atoms with E-state index in [0.29, 0.717) is 35.8 Å². The van der Waals surface area contributed by atoms with Crippen LogP contribution in [0.15, 0.2) is 30.6 Å². The Hall–Kier alpha value is -2.64. The van der Waals surface area contributed by atoms with Crippen molar-refractivity contribution in [2.75, 3.05) is 18.0 Å². The number of aromatic nitrogens is 1. The van der Waals surface area contributed by atoms with Gasteiger partial charge in [-0.1, -0.05) is 6.92 Å². The summed E-state index contributed by atoms with van der Waals surface area (Å²) in [7, 11) is 0. The molecule has 2 aliphatic rings. The molecule has 4 nitrogen and oxygen atoms in total. The maximum atomic E-state index is 13.9. The summed E-state index contributed by atoms with van der Waals surface area (Å²) < 4.78 is 54.7. The molecule has 2 aromatic rings. The van der Waals surface area contributed by atoms with E-state index in [9.17, 15) is 22.4 Å². The molecule has 166 valence electrons. The van der Waals surface area contributed by atoms with Crippen LogP contribution in [0.3, 0.4) is 0 Å². The van der Waals surface area contributed by atoms with E-state index < -0.39 is 23.5 Å². The molecule has 0 bridgehead atoms. The van der Waals surface area contributed by atoms with Gasteiger partial charge in [-0.25, -0.2) is 17.6 Å². The fraction of sp³-hybridized carbons (Fsp3) is 0.478. The predicted molar refractivity (Wildman–Crippen MR) is 110 cm³/mol. The third-order valence-electron chi connectivity index (χ3n) is 6.13. The van der Waals surface area contributed by atoms with Crippen LogP contribution in [0.2, 0.25) is 0 Å². The van der Waals surface area contributed by atoms with Crippen molar-refractivity contribution in [3.05, 3.63) is 47.8 Å². The van der Waals surface area contributed by atoms with Crippen LogP contribution in [-0.4, -0.2) is 35.9 Å². The lowest BCUT2D eigenvalue weighted by Crippen LogP contribution is -2.41. The Morgan fingerprint density at radius 1 is 1.10 bits per heavy atom. The molecule has 1 aromatic carbocycles. The van der Waals surface area contributed by atoms with E-state index in [-0.39, 0.29) is 37.3 Å². The molecule has 1 aromatic heterocycles. The van der Waals surface area contributed by atoms with Gasteiger partial charge in [-0.15, -0.1) is 0 Å². The second-order valence-corrected chi connectivity index (χ2v) is 8.68. The summed E-state index contributed by atoms with van der Waals surface area (Å²) in [5.74, 6) is -4.11. The minimum absolute atomic E-state index is 0.205. The number of anilines is 1. The topological polar surface area (TPSA) is 45.2 Å². The number of nitrogens with zero attached hydrogens (tertiary/aromatic N) is 2. The normalized spacial score (nSPS) is 21.3. The van der Waals surface area contributed by atoms with Gasteiger partial charge in [-0.2, -0.15) is 0 Å². The molecule has 8 heteroatoms. The lowest BCUT2D eigenvalue weighted by molar-refractivity contribution is -0.0399. The maximum absolute atomic E-state index is 13.9. The highest BCUT2D eigenvalue weighted by atomic mass is 19.3. The first kappa shape index (κ1) is 21.6. The molecule has 1 atom stereocenters. The van der Waals surface area contributed by atoms with Gasteiger partial charge in [0.1, 0.15) is 11.6 Å². The highest BCUT2D eigenvalue weighted by molar-refractivity contribution is 6.03. The fourth-order valence-corrected chi connectivity index (χ4v) is 4.47. The van der Waals surface area contributed by atoms with E-state index in [1.807, 2.05) is 4.90 Å². The molecule has 2 heterocycles. The monoisotopic (exact) mass is 435 g/mol. The Bertz CT molecular complexity index is 951. The Balaban J connectivity index is 1.69. The minimum Gasteiger partial charge on any atom is -0.370 e. The van der Waals surface area contributed by atoms with Crippen molar-refractivity contribution >= 4 is 11.6 Å². The number of alkyl halides is 2. The molecule has 1 amide bonds. The van der Waals surface area contributed by atoms with Crippen LogP contribution in [0, 0.1) is 17.6 Å². The number of carbonyl (C=O) groups is 1. The number of amides is 1. The molecule has 31 heavy (non-hydrogen) atoms. The summed E-state index contributed by atoms with van der Waals surface area (Å²) in [5.41, 5.74) is 1.62. The average Bonchev–Trinajstić information content (AvgIpc) is 3.14. The third-order valence-corrected chi connectivity index (χ3v) is 6.13. The summed E-state index contributed by atoms with van der Waals surface area (Å²) in [4.78, 5) is 19.3. The minimum atomic E-state index is -2.68. The van der Waals surface area contributed by atoms with Gasteiger partial charge in [0.25, 0.3) is 5.91 Å². The van der Waals surface area contributed by atoms with Crippen molar-refractivity contribution in [3.8, 4) is 11.1 Å². The predicted octanol–water partition coefficient (Wildman–Crippen LogP) is 5.18. The van der Waals surface area contributed by atoms with Crippen molar-refractivity contribution < 1.29 is 22.4 Å². The van der Waals surface area contributed by atoms with Crippen LogP contribution in [0.4, 0.5) is 23.2 Å². The average molecular weight is 435 g/mol. The Kier molecular flexibility index (Phi) is 5.90. The van der Waals surface area contributed by atoms with Crippen LogP contribution in [0.1, 0.15) is 49.4 Å². The molecular weight excluding hydrogens is 410 g/mol. The molecule has 1 aliphatic heterocycles. The zero-order valence-corrected chi connectivity index (χ0v) is 17.3. The second-order valence-electron chi connectivity index (χ2n) is 8.68. The van der Waals surface area contributed by atoms with Crippen LogP contribution in [-0.2, 0) is 0 Å². The molecule has 2 fully saturated rings. The number of hydrogen-bond acceptors (Lipinski definition) is 3. The van der Waals surface area contributed by atoms with Gasteiger partial charge in [0.05, 0.1) is 11.3 Å². The summed E-state index contributed by atoms with van der Waals surface area (Å²) in [6.45, 7) is 3.50. The summed E-state index contributed by atoms with van der Waals surface area (Å²) in [6, 6.07) is 2.89. The quantitative estimate of drug-likeness (QED) is 0.673. The third kappa shape index (κ3) is 4.83. The van der Waals surface area contributed by atoms with Crippen molar-refractivity contribution in [1.82, 2.24) is 10.3 Å². The van der Waals surface area contributed by atoms with Gasteiger partial charge in [0.2, 0.25) is 5.92 Å². The number of halogens is 4. The first-order valence-corrected chi connectivity index (χ1v) is 10.6. The maximum Gasteiger partial charge on any atom is 0.255 e. The van der Waals surface area contributed by atoms with Crippen molar-refractivity contribution in [3.63, 3.8) is 0 Å². The zero-order valence-electron chi connectivity index (χ0n) is 17.3. The van der Waals surface area contributed by atoms with Crippen LogP contribution in [0.25, 0.3) is 11.1 Å². The first-order valence-electron chi connectivity index (χ1n) is 10.6. The van der Waals surface area contributed by atoms with Crippen molar-refractivity contribution in [2.45, 2.75) is 51.0 Å². The van der Waals surface area contributed by atoms with E-state index in [0.717, 1.165) is 12.5 Å². The lowest BCUT2D eigenvalue weighted by atomic mass is 9.92. The lowest BCUT2D eigenvalue weighted by Gasteiger charge is -2.30. The van der Waals surface area contributed by atoms with Gasteiger partial charge in [0.15, 0.2) is 0 Å². The number of hydrogen-bond donors (Lipinski definition) is 1. The Labute approximate surface area is 178 Å². The summed E-state index contributed by atoms with van der Waals surface area (Å²) in [6.07, 6.45) is 3.77. The molecular formula is C23H25F4N3O. The molecule has 1 N–H and O–H groups in total. The molecule has 0 spiro atoms. The van der Waals surface area contributed by atoms with Crippen LogP contribution < -0.4 is 10.2 Å². The smallest absolute Gasteiger partial charge is 0.255 e. The Morgan fingerprint density at radius 3 is 2.39 bits per heavy atom. The van der Waals surface area contributed by atoms with Crippen molar-refractivity contribution in [2.24, 2.45) is 5.92 Å². The van der Waals surface area contributed by atoms with E-state index >= 15 is 0 Å². The fourth-order valence-electron chi connectivity index (χ4n) is 4.47. The highest BCUT2D eigenvalue weighted by Crippen LogP contribution is 2.38. The van der Waals surface area contributed by atoms with Gasteiger partial charge < -0.3 is 10.2 Å². The SMILES string of the molecule is CC1CCN(c2c(C(=O)NC3CCC(F)(F)CC3)cncc2-c2cc(F)cc(F)c2)C1. The molecule has 1 unspecified atom stereocenters. The number of rotatable bonds is 4. The summed E-state index contributed by atoms with van der Waals surface area (Å²) >= 11 is 0. The van der Waals surface area contributed by atoms with Crippen LogP contribution in [0.5, 0.6) is 0 Å². The number of benzene rings is 1. The standard InChI is InChI=1S/C23H25F4N3O/c1-14-4-7-30(13-14)21-19(15-8-16(24)10-17(25)9-15)11-28-12-20(21)22(31)29-18-2-5-23(26,27)6-3-18/h8-12,14,18H,2-7,13H2,1H3,(H,29,31). The van der Waals surface area contributed by atoms with E-state index in [1.165, 1.54) is 24.5 Å². The molecule has 4 rings (SSSR count). The van der Waals surface area contributed by atoms with Crippen molar-refractivity contribution in [1.29, 1.82) is 0 Å². The molecule has 1 saturated carbocycles. The van der Waals surface area contributed by atoms with E-state index in [4.69, 9.17) is 0 Å². The molecule has 1 aliphatic carbocycles. The van der Waals surface area contributed by atoms with E-state index in [1.54, 1.807) is 0 Å². The van der Waals surface area contributed by atoms with Crippen LogP contribution >= 0.6 is 0 Å². The number of nitrogens with one attached hydrogen (secondary N) is 1. The second kappa shape index (κ2) is 8.48. The molecule has 0 radical (unpaired) electrons. The van der Waals surface area contributed by atoms with Gasteiger partial charge in [0, 0.05) is 56.0 Å². The van der Waals surface area contributed by atoms with Gasteiger partial charge >= 0.3 is 0 Å². The zero-order chi connectivity index (χ0) is 22.2. The summed E-state index contributed by atoms with van der Waals surface area (Å²) in [5, 5.41) is 2.86. The molecule has 1 saturated heterocycles. The van der Waals surface area contributed by atoms with Gasteiger partial charge in [-0.05, 0) is 42.9 Å². The highest BCUT2D eigenvalue weighted by Gasteiger charge is 2.36. The van der Waals surface area contributed by atoms with E-state index in [2.05, 4.69) is 17.2 Å². The van der Waals surface area contributed by atoms with Gasteiger partial charge in [-0.3, -0.25) is 9.78 Å². The first-order chi connectivity index (χ1) is 14.7.